The molecule has 11 heteroatoms. The van der Waals surface area contributed by atoms with Crippen molar-refractivity contribution in [2.75, 3.05) is 0 Å². The maximum atomic E-state index is 2.82. The van der Waals surface area contributed by atoms with Crippen LogP contribution in [0.25, 0.3) is 44.5 Å². The van der Waals surface area contributed by atoms with Crippen molar-refractivity contribution in [1.82, 2.24) is 0 Å². The van der Waals surface area contributed by atoms with Gasteiger partial charge in [-0.15, -0.1) is 102 Å². The zero-order valence-corrected chi connectivity index (χ0v) is 55.6. The van der Waals surface area contributed by atoms with Gasteiger partial charge in [0.25, 0.3) is 0 Å². The summed E-state index contributed by atoms with van der Waals surface area (Å²) in [7, 11) is 30.7. The third-order valence-corrected chi connectivity index (χ3v) is 18.0. The second-order valence-corrected chi connectivity index (χ2v) is 23.6. The smallest absolute Gasteiger partial charge is 0.0125 e. The highest BCUT2D eigenvalue weighted by atomic mass is 31.0. The van der Waals surface area contributed by atoms with Gasteiger partial charge in [-0.05, 0) is 210 Å². The van der Waals surface area contributed by atoms with Gasteiger partial charge >= 0.3 is 0 Å². The van der Waals surface area contributed by atoms with Crippen molar-refractivity contribution in [1.29, 1.82) is 0 Å². The van der Waals surface area contributed by atoms with Gasteiger partial charge in [0.15, 0.2) is 0 Å². The van der Waals surface area contributed by atoms with Crippen molar-refractivity contribution in [2.45, 2.75) is 84.2 Å². The van der Waals surface area contributed by atoms with E-state index in [1.165, 1.54) is 132 Å². The SMILES string of the molecule is CCc1cc(CP)cc(-c2ccc(P)cc2C)c1.Cc1cc(-c2cc(CP)cc(CP)c2)ccc1P.Cc1cc(-c2ccc(CP)c(CP)c2)ccc1P.Cc1cc(P)ccc1-c1ccc(CP)c(CP)c1. The van der Waals surface area contributed by atoms with Crippen molar-refractivity contribution >= 4 is 123 Å². The molecule has 376 valence electrons. The summed E-state index contributed by atoms with van der Waals surface area (Å²) in [6, 6.07) is 53.7. The third-order valence-electron chi connectivity index (χ3n) is 12.8. The number of benzene rings is 8. The number of hydrogen-bond acceptors (Lipinski definition) is 0. The van der Waals surface area contributed by atoms with Crippen molar-refractivity contribution in [2.24, 2.45) is 0 Å². The molecule has 0 radical (unpaired) electrons. The van der Waals surface area contributed by atoms with Gasteiger partial charge in [-0.1, -0.05) is 153 Å². The van der Waals surface area contributed by atoms with Gasteiger partial charge < -0.3 is 0 Å². The maximum Gasteiger partial charge on any atom is -0.0125 e. The topological polar surface area (TPSA) is 0 Å². The molecule has 0 aliphatic heterocycles. The highest BCUT2D eigenvalue weighted by molar-refractivity contribution is 7.28. The molecule has 0 nitrogen and oxygen atoms in total. The molecule has 11 atom stereocenters. The van der Waals surface area contributed by atoms with Crippen LogP contribution >= 0.6 is 102 Å². The number of rotatable bonds is 12. The molecule has 0 N–H and O–H groups in total. The summed E-state index contributed by atoms with van der Waals surface area (Å²) in [6.07, 6.45) is 8.18. The second-order valence-electron chi connectivity index (χ2n) is 18.1. The second kappa shape index (κ2) is 31.0. The minimum Gasteiger partial charge on any atom is -0.133 e. The zero-order valence-electron chi connectivity index (χ0n) is 42.9. The molecule has 0 aliphatic rings. The molecule has 11 unspecified atom stereocenters. The molecule has 0 bridgehead atoms. The number of aryl methyl sites for hydroxylation is 5. The fourth-order valence-corrected chi connectivity index (χ4v) is 11.8. The summed E-state index contributed by atoms with van der Waals surface area (Å²) in [6.45, 7) is 10.9. The molecule has 8 rings (SSSR count). The molecule has 0 spiro atoms. The summed E-state index contributed by atoms with van der Waals surface area (Å²) in [5.74, 6) is 0. The normalized spacial score (nSPS) is 10.7. The van der Waals surface area contributed by atoms with E-state index in [-0.39, 0.29) is 0 Å². The van der Waals surface area contributed by atoms with Gasteiger partial charge in [0.2, 0.25) is 0 Å². The van der Waals surface area contributed by atoms with E-state index in [1.54, 1.807) is 0 Å². The fourth-order valence-electron chi connectivity index (χ4n) is 8.51. The largest absolute Gasteiger partial charge is 0.133 e. The quantitative estimate of drug-likeness (QED) is 0.107. The minimum absolute atomic E-state index is 1.01. The van der Waals surface area contributed by atoms with Crippen LogP contribution in [-0.2, 0) is 49.6 Å². The molecule has 8 aromatic rings. The van der Waals surface area contributed by atoms with E-state index in [0.29, 0.717) is 0 Å². The lowest BCUT2D eigenvalue weighted by Crippen LogP contribution is -1.96. The Kier molecular flexibility index (Phi) is 26.4. The van der Waals surface area contributed by atoms with Gasteiger partial charge in [-0.25, -0.2) is 0 Å². The lowest BCUT2D eigenvalue weighted by Gasteiger charge is -2.11. The van der Waals surface area contributed by atoms with Crippen LogP contribution in [0.15, 0.2) is 146 Å². The first-order valence-electron chi connectivity index (χ1n) is 24.4. The highest BCUT2D eigenvalue weighted by Gasteiger charge is 2.09. The molecule has 0 amide bonds. The Balaban J connectivity index is 0.000000178. The zero-order chi connectivity index (χ0) is 52.5. The van der Waals surface area contributed by atoms with E-state index in [4.69, 9.17) is 0 Å². The predicted molar refractivity (Wildman–Crippen MR) is 367 cm³/mol. The molecular formula is C61H77P11. The third kappa shape index (κ3) is 17.8. The monoisotopic (exact) mass is 1150 g/mol. The fraction of sp³-hybridized carbons (Fsp3) is 0.213. The van der Waals surface area contributed by atoms with E-state index < -0.39 is 0 Å². The Morgan fingerprint density at radius 1 is 0.278 bits per heavy atom. The van der Waals surface area contributed by atoms with Crippen LogP contribution in [0, 0.1) is 27.7 Å². The van der Waals surface area contributed by atoms with E-state index in [1.807, 2.05) is 0 Å². The van der Waals surface area contributed by atoms with E-state index in [2.05, 4.69) is 282 Å². The number of hydrogen-bond donors (Lipinski definition) is 0. The lowest BCUT2D eigenvalue weighted by molar-refractivity contribution is 1.13. The predicted octanol–water partition coefficient (Wildman–Crippen LogP) is 15.8. The van der Waals surface area contributed by atoms with Crippen LogP contribution in [0.5, 0.6) is 0 Å². The minimum atomic E-state index is 1.01. The van der Waals surface area contributed by atoms with Gasteiger partial charge in [0.05, 0.1) is 0 Å². The van der Waals surface area contributed by atoms with Crippen LogP contribution in [0.1, 0.15) is 73.7 Å². The van der Waals surface area contributed by atoms with Crippen LogP contribution < -0.4 is 21.2 Å². The summed E-state index contributed by atoms with van der Waals surface area (Å²) >= 11 is 0. The first-order valence-corrected chi connectivity index (χ1v) is 32.5. The Morgan fingerprint density at radius 2 is 0.639 bits per heavy atom. The lowest BCUT2D eigenvalue weighted by atomic mass is 9.96. The maximum absolute atomic E-state index is 2.82. The van der Waals surface area contributed by atoms with Crippen LogP contribution in [-0.4, -0.2) is 0 Å². The Hall–Kier alpha value is -1.51. The summed E-state index contributed by atoms with van der Waals surface area (Å²) < 4.78 is 0. The standard InChI is InChI=1S/C16H20P2.3C15H19P3/c1-3-12-7-13(10-17)9-14(8-12)16-5-4-15(18)6-11(16)2;1-10-4-13(2-3-15(10)18)14-6-11(8-16)5-12(7-14)9-17;1-10-6-11(4-5-15(10)18)12-2-3-13(8-16)14(7-12)9-17;1-10-6-14(18)4-5-15(10)11-2-3-12(8-16)13(7-11)9-17/h4-9H,3,10,17-18H2,1-2H3;3*2-7H,8-9,16-18H2,1H3. The summed E-state index contributed by atoms with van der Waals surface area (Å²) in [5, 5.41) is 5.03. The summed E-state index contributed by atoms with van der Waals surface area (Å²) in [4.78, 5) is 0. The van der Waals surface area contributed by atoms with Gasteiger partial charge in [-0.2, -0.15) is 0 Å². The van der Waals surface area contributed by atoms with E-state index >= 15 is 0 Å². The molecule has 8 aromatic carbocycles. The first kappa shape index (κ1) is 61.3. The molecule has 72 heavy (non-hydrogen) atoms. The molecule has 0 heterocycles. The van der Waals surface area contributed by atoms with Crippen molar-refractivity contribution in [3.63, 3.8) is 0 Å². The molecule has 0 saturated carbocycles. The molecule has 0 saturated heterocycles. The Labute approximate surface area is 460 Å². The van der Waals surface area contributed by atoms with Crippen LogP contribution in [0.3, 0.4) is 0 Å². The van der Waals surface area contributed by atoms with Crippen molar-refractivity contribution in [3.8, 4) is 44.5 Å². The first-order chi connectivity index (χ1) is 34.6. The average Bonchev–Trinajstić information content (AvgIpc) is 3.39. The van der Waals surface area contributed by atoms with E-state index in [9.17, 15) is 0 Å². The highest BCUT2D eigenvalue weighted by Crippen LogP contribution is 2.31. The van der Waals surface area contributed by atoms with Gasteiger partial charge in [0, 0.05) is 0 Å². The van der Waals surface area contributed by atoms with Crippen LogP contribution in [0.4, 0.5) is 0 Å². The molecule has 0 fully saturated rings. The Bertz CT molecular complexity index is 3020. The van der Waals surface area contributed by atoms with Crippen molar-refractivity contribution < 1.29 is 0 Å². The van der Waals surface area contributed by atoms with Crippen LogP contribution in [0.2, 0.25) is 0 Å². The van der Waals surface area contributed by atoms with Gasteiger partial charge in [0.1, 0.15) is 0 Å². The molecular weight excluding hydrogens is 1070 g/mol. The Morgan fingerprint density at radius 3 is 1.06 bits per heavy atom. The molecule has 0 aliphatic carbocycles. The summed E-state index contributed by atoms with van der Waals surface area (Å²) in [5.41, 5.74) is 27.1. The average molecular weight is 1150 g/mol. The van der Waals surface area contributed by atoms with Gasteiger partial charge in [-0.3, -0.25) is 0 Å². The van der Waals surface area contributed by atoms with Crippen molar-refractivity contribution in [3.05, 3.63) is 212 Å². The molecule has 0 aromatic heterocycles. The van der Waals surface area contributed by atoms with E-state index in [0.717, 1.165) is 49.6 Å².